The lowest BCUT2D eigenvalue weighted by Crippen LogP contribution is -2.43. The molecule has 140 valence electrons. The summed E-state index contributed by atoms with van der Waals surface area (Å²) in [6.07, 6.45) is 9.72. The first-order chi connectivity index (χ1) is 12.8. The molecule has 5 nitrogen and oxygen atoms in total. The van der Waals surface area contributed by atoms with Crippen LogP contribution in [-0.2, 0) is 0 Å². The third kappa shape index (κ3) is 4.10. The Morgan fingerprint density at radius 1 is 1.19 bits per heavy atom. The summed E-state index contributed by atoms with van der Waals surface area (Å²) in [6, 6.07) is 10.1. The fourth-order valence-electron chi connectivity index (χ4n) is 4.35. The number of nitrogens with one attached hydrogen (secondary N) is 1. The highest BCUT2D eigenvalue weighted by atomic mass is 16.3. The van der Waals surface area contributed by atoms with Gasteiger partial charge in [0.2, 0.25) is 0 Å². The van der Waals surface area contributed by atoms with Crippen LogP contribution < -0.4 is 10.2 Å². The van der Waals surface area contributed by atoms with Crippen molar-refractivity contribution in [2.75, 3.05) is 38.1 Å². The van der Waals surface area contributed by atoms with Crippen LogP contribution in [0.3, 0.4) is 0 Å². The largest absolute Gasteiger partial charge is 0.444 e. The van der Waals surface area contributed by atoms with Gasteiger partial charge in [0.25, 0.3) is 0 Å². The number of rotatable bonds is 6. The van der Waals surface area contributed by atoms with Gasteiger partial charge in [-0.05, 0) is 64.4 Å². The molecular weight excluding hydrogens is 324 g/mol. The summed E-state index contributed by atoms with van der Waals surface area (Å²) in [7, 11) is 2.27. The number of nitrogens with zero attached hydrogens (tertiary/aromatic N) is 3. The smallest absolute Gasteiger partial charge is 0.181 e. The van der Waals surface area contributed by atoms with Gasteiger partial charge < -0.3 is 19.5 Å². The highest BCUT2D eigenvalue weighted by molar-refractivity contribution is 5.64. The Kier molecular flexibility index (Phi) is 5.56. The molecule has 2 aliphatic rings. The van der Waals surface area contributed by atoms with E-state index in [9.17, 15) is 0 Å². The first-order valence-corrected chi connectivity index (χ1v) is 9.97. The third-order valence-electron chi connectivity index (χ3n) is 6.01. The van der Waals surface area contributed by atoms with Crippen LogP contribution in [0.2, 0.25) is 0 Å². The summed E-state index contributed by atoms with van der Waals surface area (Å²) in [5, 5.41) is 3.80. The summed E-state index contributed by atoms with van der Waals surface area (Å²) >= 11 is 0. The zero-order valence-corrected chi connectivity index (χ0v) is 15.7. The average Bonchev–Trinajstić information content (AvgIpc) is 3.35. The Labute approximate surface area is 156 Å². The van der Waals surface area contributed by atoms with Gasteiger partial charge in [0, 0.05) is 36.4 Å². The van der Waals surface area contributed by atoms with Gasteiger partial charge in [-0.3, -0.25) is 0 Å². The van der Waals surface area contributed by atoms with Gasteiger partial charge in [-0.2, -0.15) is 0 Å². The fourth-order valence-corrected chi connectivity index (χ4v) is 4.35. The van der Waals surface area contributed by atoms with Crippen LogP contribution in [0.4, 0.5) is 5.69 Å². The van der Waals surface area contributed by atoms with Gasteiger partial charge in [-0.25, -0.2) is 4.98 Å². The lowest BCUT2D eigenvalue weighted by atomic mass is 10.0. The summed E-state index contributed by atoms with van der Waals surface area (Å²) < 4.78 is 5.43. The van der Waals surface area contributed by atoms with Crippen molar-refractivity contribution in [1.29, 1.82) is 0 Å². The zero-order valence-electron chi connectivity index (χ0n) is 15.7. The Bertz CT molecular complexity index is 679. The molecule has 0 spiro atoms. The van der Waals surface area contributed by atoms with E-state index in [4.69, 9.17) is 4.42 Å². The summed E-state index contributed by atoms with van der Waals surface area (Å²) in [4.78, 5) is 9.03. The standard InChI is InChI=1S/C21H30N4O/c1-24-11-3-6-19(24)7-10-23-18-8-12-25(13-9-18)20-5-2-4-17(14-20)21-15-22-16-26-21/h2,4-5,14-16,18-19,23H,3,6-13H2,1H3. The number of anilines is 1. The highest BCUT2D eigenvalue weighted by Gasteiger charge is 2.22. The van der Waals surface area contributed by atoms with Crippen LogP contribution in [0.25, 0.3) is 11.3 Å². The quantitative estimate of drug-likeness (QED) is 0.861. The van der Waals surface area contributed by atoms with Crippen LogP contribution in [-0.4, -0.2) is 55.2 Å². The van der Waals surface area contributed by atoms with Gasteiger partial charge in [-0.15, -0.1) is 0 Å². The monoisotopic (exact) mass is 354 g/mol. The molecule has 1 unspecified atom stereocenters. The number of hydrogen-bond acceptors (Lipinski definition) is 5. The van der Waals surface area contributed by atoms with E-state index in [2.05, 4.69) is 51.4 Å². The number of aromatic nitrogens is 1. The molecule has 1 atom stereocenters. The first-order valence-electron chi connectivity index (χ1n) is 9.97. The molecule has 0 saturated carbocycles. The van der Waals surface area contributed by atoms with E-state index in [1.54, 1.807) is 6.20 Å². The summed E-state index contributed by atoms with van der Waals surface area (Å²) in [5.41, 5.74) is 2.38. The molecule has 0 aliphatic carbocycles. The van der Waals surface area contributed by atoms with E-state index in [0.717, 1.165) is 37.0 Å². The minimum Gasteiger partial charge on any atom is -0.444 e. The average molecular weight is 354 g/mol. The minimum absolute atomic E-state index is 0.662. The van der Waals surface area contributed by atoms with E-state index in [1.165, 1.54) is 50.7 Å². The molecule has 2 fully saturated rings. The van der Waals surface area contributed by atoms with Crippen LogP contribution >= 0.6 is 0 Å². The second kappa shape index (κ2) is 8.23. The number of oxazole rings is 1. The number of benzene rings is 1. The molecule has 2 aromatic rings. The molecular formula is C21H30N4O. The predicted octanol–water partition coefficient (Wildman–Crippen LogP) is 3.38. The van der Waals surface area contributed by atoms with Gasteiger partial charge >= 0.3 is 0 Å². The SMILES string of the molecule is CN1CCCC1CCNC1CCN(c2cccc(-c3cnco3)c2)CC1. The molecule has 26 heavy (non-hydrogen) atoms. The minimum atomic E-state index is 0.662. The van der Waals surface area contributed by atoms with Crippen molar-refractivity contribution in [1.82, 2.24) is 15.2 Å². The molecule has 2 saturated heterocycles. The Morgan fingerprint density at radius 3 is 2.81 bits per heavy atom. The van der Waals surface area contributed by atoms with Crippen molar-refractivity contribution in [2.24, 2.45) is 0 Å². The Morgan fingerprint density at radius 2 is 2.08 bits per heavy atom. The molecule has 0 bridgehead atoms. The zero-order chi connectivity index (χ0) is 17.8. The second-order valence-electron chi connectivity index (χ2n) is 7.70. The van der Waals surface area contributed by atoms with E-state index in [0.29, 0.717) is 6.04 Å². The molecule has 0 amide bonds. The number of piperidine rings is 1. The number of likely N-dealkylation sites (tertiary alicyclic amines) is 1. The van der Waals surface area contributed by atoms with E-state index in [1.807, 2.05) is 0 Å². The second-order valence-corrected chi connectivity index (χ2v) is 7.70. The molecule has 3 heterocycles. The Hall–Kier alpha value is -1.85. The normalized spacial score (nSPS) is 22.2. The third-order valence-corrected chi connectivity index (χ3v) is 6.01. The maximum atomic E-state index is 5.43. The van der Waals surface area contributed by atoms with Gasteiger partial charge in [0.15, 0.2) is 12.2 Å². The lowest BCUT2D eigenvalue weighted by molar-refractivity contribution is 0.286. The molecule has 1 aromatic heterocycles. The van der Waals surface area contributed by atoms with Crippen molar-refractivity contribution < 1.29 is 4.42 Å². The fraction of sp³-hybridized carbons (Fsp3) is 0.571. The van der Waals surface area contributed by atoms with Crippen molar-refractivity contribution in [3.8, 4) is 11.3 Å². The van der Waals surface area contributed by atoms with Gasteiger partial charge in [0.05, 0.1) is 6.20 Å². The summed E-state index contributed by atoms with van der Waals surface area (Å²) in [6.45, 7) is 4.65. The lowest BCUT2D eigenvalue weighted by Gasteiger charge is -2.34. The molecule has 1 aromatic carbocycles. The van der Waals surface area contributed by atoms with Gasteiger partial charge in [-0.1, -0.05) is 12.1 Å². The van der Waals surface area contributed by atoms with Crippen LogP contribution in [0, 0.1) is 0 Å². The summed E-state index contributed by atoms with van der Waals surface area (Å²) in [5.74, 6) is 0.834. The molecule has 4 rings (SSSR count). The number of hydrogen-bond donors (Lipinski definition) is 1. The highest BCUT2D eigenvalue weighted by Crippen LogP contribution is 2.26. The molecule has 0 radical (unpaired) electrons. The van der Waals surface area contributed by atoms with Crippen molar-refractivity contribution in [3.63, 3.8) is 0 Å². The van der Waals surface area contributed by atoms with E-state index in [-0.39, 0.29) is 0 Å². The van der Waals surface area contributed by atoms with Crippen molar-refractivity contribution in [2.45, 2.75) is 44.2 Å². The van der Waals surface area contributed by atoms with E-state index < -0.39 is 0 Å². The maximum Gasteiger partial charge on any atom is 0.181 e. The predicted molar refractivity (Wildman–Crippen MR) is 105 cm³/mol. The topological polar surface area (TPSA) is 44.5 Å². The Balaban J connectivity index is 1.25. The molecule has 5 heteroatoms. The van der Waals surface area contributed by atoms with Crippen molar-refractivity contribution >= 4 is 5.69 Å². The van der Waals surface area contributed by atoms with Crippen LogP contribution in [0.15, 0.2) is 41.3 Å². The first kappa shape index (κ1) is 17.6. The van der Waals surface area contributed by atoms with Crippen LogP contribution in [0.1, 0.15) is 32.1 Å². The molecule has 1 N–H and O–H groups in total. The van der Waals surface area contributed by atoms with Gasteiger partial charge in [0.1, 0.15) is 0 Å². The van der Waals surface area contributed by atoms with E-state index >= 15 is 0 Å². The molecule has 2 aliphatic heterocycles. The van der Waals surface area contributed by atoms with Crippen molar-refractivity contribution in [3.05, 3.63) is 36.9 Å². The maximum absolute atomic E-state index is 5.43. The van der Waals surface area contributed by atoms with Crippen LogP contribution in [0.5, 0.6) is 0 Å².